The van der Waals surface area contributed by atoms with Gasteiger partial charge in [-0.25, -0.2) is 9.18 Å². The summed E-state index contributed by atoms with van der Waals surface area (Å²) in [4.78, 5) is 10.8. The molecule has 1 aliphatic rings. The molecule has 0 bridgehead atoms. The van der Waals surface area contributed by atoms with Gasteiger partial charge in [-0.3, -0.25) is 0 Å². The van der Waals surface area contributed by atoms with Crippen LogP contribution in [-0.2, 0) is 0 Å². The molecule has 1 aliphatic carbocycles. The minimum absolute atomic E-state index is 0.0762. The average molecular weight is 266 g/mol. The molecule has 104 valence electrons. The van der Waals surface area contributed by atoms with Crippen molar-refractivity contribution in [3.8, 4) is 5.75 Å². The Morgan fingerprint density at radius 3 is 2.68 bits per heavy atom. The summed E-state index contributed by atoms with van der Waals surface area (Å²) >= 11 is 0. The van der Waals surface area contributed by atoms with Gasteiger partial charge in [0.15, 0.2) is 0 Å². The first-order chi connectivity index (χ1) is 9.15. The Balaban J connectivity index is 1.86. The number of carboxylic acid groups (broad SMARTS) is 1. The molecular formula is C15H19FO3. The molecule has 0 aromatic heterocycles. The van der Waals surface area contributed by atoms with Crippen LogP contribution in [0, 0.1) is 11.7 Å². The predicted molar refractivity (Wildman–Crippen MR) is 70.0 cm³/mol. The highest BCUT2D eigenvalue weighted by Crippen LogP contribution is 2.26. The van der Waals surface area contributed by atoms with Crippen LogP contribution in [0.5, 0.6) is 5.75 Å². The molecule has 1 N–H and O–H groups in total. The maximum Gasteiger partial charge on any atom is 0.335 e. The quantitative estimate of drug-likeness (QED) is 0.879. The zero-order chi connectivity index (χ0) is 13.7. The summed E-state index contributed by atoms with van der Waals surface area (Å²) in [6.07, 6.45) is 7.34. The van der Waals surface area contributed by atoms with E-state index in [1.54, 1.807) is 0 Å². The number of halogens is 1. The van der Waals surface area contributed by atoms with E-state index < -0.39 is 11.8 Å². The predicted octanol–water partition coefficient (Wildman–Crippen LogP) is 3.87. The van der Waals surface area contributed by atoms with Crippen molar-refractivity contribution < 1.29 is 19.0 Å². The number of ether oxygens (including phenoxy) is 1. The molecule has 1 aromatic carbocycles. The zero-order valence-electron chi connectivity index (χ0n) is 10.9. The number of hydrogen-bond donors (Lipinski definition) is 1. The van der Waals surface area contributed by atoms with Gasteiger partial charge < -0.3 is 9.84 Å². The molecule has 4 heteroatoms. The standard InChI is InChI=1S/C15H19FO3/c16-13-8-12(15(17)18)9-14(10-13)19-7-6-11-4-2-1-3-5-11/h8-11H,1-7H2,(H,17,18). The zero-order valence-corrected chi connectivity index (χ0v) is 10.9. The maximum atomic E-state index is 13.2. The average Bonchev–Trinajstić information content (AvgIpc) is 2.39. The number of carbonyl (C=O) groups is 1. The second-order valence-electron chi connectivity index (χ2n) is 5.12. The van der Waals surface area contributed by atoms with E-state index in [2.05, 4.69) is 0 Å². The first-order valence-corrected chi connectivity index (χ1v) is 6.82. The van der Waals surface area contributed by atoms with Crippen LogP contribution in [0.4, 0.5) is 4.39 Å². The third kappa shape index (κ3) is 4.23. The van der Waals surface area contributed by atoms with Crippen molar-refractivity contribution in [1.82, 2.24) is 0 Å². The van der Waals surface area contributed by atoms with Crippen LogP contribution in [0.25, 0.3) is 0 Å². The highest BCUT2D eigenvalue weighted by Gasteiger charge is 2.13. The van der Waals surface area contributed by atoms with Crippen LogP contribution >= 0.6 is 0 Å². The van der Waals surface area contributed by atoms with Crippen LogP contribution in [0.3, 0.4) is 0 Å². The number of carboxylic acids is 1. The number of benzene rings is 1. The lowest BCUT2D eigenvalue weighted by molar-refractivity contribution is 0.0695. The fourth-order valence-corrected chi connectivity index (χ4v) is 2.59. The van der Waals surface area contributed by atoms with Gasteiger partial charge in [-0.05, 0) is 24.5 Å². The largest absolute Gasteiger partial charge is 0.493 e. The highest BCUT2D eigenvalue weighted by atomic mass is 19.1. The van der Waals surface area contributed by atoms with E-state index in [1.165, 1.54) is 44.2 Å². The molecule has 0 unspecified atom stereocenters. The van der Waals surface area contributed by atoms with Crippen LogP contribution in [0.1, 0.15) is 48.9 Å². The lowest BCUT2D eigenvalue weighted by Gasteiger charge is -2.21. The molecule has 0 aliphatic heterocycles. The van der Waals surface area contributed by atoms with Crippen molar-refractivity contribution in [2.24, 2.45) is 5.92 Å². The van der Waals surface area contributed by atoms with Crippen LogP contribution in [-0.4, -0.2) is 17.7 Å². The molecule has 0 heterocycles. The Hall–Kier alpha value is -1.58. The second-order valence-corrected chi connectivity index (χ2v) is 5.12. The van der Waals surface area contributed by atoms with Crippen molar-refractivity contribution in [1.29, 1.82) is 0 Å². The highest BCUT2D eigenvalue weighted by molar-refractivity contribution is 5.88. The van der Waals surface area contributed by atoms with Gasteiger partial charge >= 0.3 is 5.97 Å². The van der Waals surface area contributed by atoms with Gasteiger partial charge in [-0.15, -0.1) is 0 Å². The molecule has 0 radical (unpaired) electrons. The topological polar surface area (TPSA) is 46.5 Å². The van der Waals surface area contributed by atoms with E-state index in [1.807, 2.05) is 0 Å². The monoisotopic (exact) mass is 266 g/mol. The Bertz CT molecular complexity index is 439. The van der Waals surface area contributed by atoms with E-state index in [0.29, 0.717) is 18.3 Å². The van der Waals surface area contributed by atoms with E-state index in [9.17, 15) is 9.18 Å². The van der Waals surface area contributed by atoms with E-state index in [4.69, 9.17) is 9.84 Å². The molecule has 0 atom stereocenters. The summed E-state index contributed by atoms with van der Waals surface area (Å²) in [5.41, 5.74) is -0.0762. The fourth-order valence-electron chi connectivity index (χ4n) is 2.59. The number of rotatable bonds is 5. The molecule has 2 rings (SSSR count). The van der Waals surface area contributed by atoms with Gasteiger partial charge in [-0.2, -0.15) is 0 Å². The smallest absolute Gasteiger partial charge is 0.335 e. The maximum absolute atomic E-state index is 13.2. The molecule has 0 amide bonds. The van der Waals surface area contributed by atoms with Gasteiger partial charge in [-0.1, -0.05) is 32.1 Å². The summed E-state index contributed by atoms with van der Waals surface area (Å²) in [6, 6.07) is 3.59. The third-order valence-corrected chi connectivity index (χ3v) is 3.64. The van der Waals surface area contributed by atoms with Gasteiger partial charge in [0, 0.05) is 6.07 Å². The minimum atomic E-state index is -1.14. The van der Waals surface area contributed by atoms with E-state index in [-0.39, 0.29) is 5.56 Å². The fraction of sp³-hybridized carbons (Fsp3) is 0.533. The van der Waals surface area contributed by atoms with Gasteiger partial charge in [0.25, 0.3) is 0 Å². The second kappa shape index (κ2) is 6.55. The molecule has 0 saturated heterocycles. The summed E-state index contributed by atoms with van der Waals surface area (Å²) in [7, 11) is 0. The summed E-state index contributed by atoms with van der Waals surface area (Å²) in [5.74, 6) is -0.723. The van der Waals surface area contributed by atoms with Crippen LogP contribution in [0.15, 0.2) is 18.2 Å². The van der Waals surface area contributed by atoms with E-state index in [0.717, 1.165) is 12.5 Å². The summed E-state index contributed by atoms with van der Waals surface area (Å²) in [6.45, 7) is 0.521. The Morgan fingerprint density at radius 1 is 1.26 bits per heavy atom. The number of aromatic carboxylic acids is 1. The molecular weight excluding hydrogens is 247 g/mol. The number of hydrogen-bond acceptors (Lipinski definition) is 2. The lowest BCUT2D eigenvalue weighted by Crippen LogP contribution is -2.11. The molecule has 1 fully saturated rings. The summed E-state index contributed by atoms with van der Waals surface area (Å²) in [5, 5.41) is 8.84. The normalized spacial score (nSPS) is 16.3. The first kappa shape index (κ1) is 13.8. The van der Waals surface area contributed by atoms with Gasteiger partial charge in [0.2, 0.25) is 0 Å². The van der Waals surface area contributed by atoms with Crippen molar-refractivity contribution in [2.45, 2.75) is 38.5 Å². The molecule has 0 spiro atoms. The third-order valence-electron chi connectivity index (χ3n) is 3.64. The Morgan fingerprint density at radius 2 is 2.00 bits per heavy atom. The van der Waals surface area contributed by atoms with Crippen molar-refractivity contribution in [3.05, 3.63) is 29.6 Å². The van der Waals surface area contributed by atoms with Crippen molar-refractivity contribution in [2.75, 3.05) is 6.61 Å². The van der Waals surface area contributed by atoms with Crippen LogP contribution in [0.2, 0.25) is 0 Å². The molecule has 1 saturated carbocycles. The SMILES string of the molecule is O=C(O)c1cc(F)cc(OCCC2CCCCC2)c1. The Labute approximate surface area is 112 Å². The van der Waals surface area contributed by atoms with Gasteiger partial charge in [0.1, 0.15) is 11.6 Å². The van der Waals surface area contributed by atoms with Crippen molar-refractivity contribution in [3.63, 3.8) is 0 Å². The first-order valence-electron chi connectivity index (χ1n) is 6.82. The van der Waals surface area contributed by atoms with Gasteiger partial charge in [0.05, 0.1) is 12.2 Å². The molecule has 3 nitrogen and oxygen atoms in total. The van der Waals surface area contributed by atoms with Crippen LogP contribution < -0.4 is 4.74 Å². The molecule has 1 aromatic rings. The van der Waals surface area contributed by atoms with Crippen molar-refractivity contribution >= 4 is 5.97 Å². The minimum Gasteiger partial charge on any atom is -0.493 e. The Kier molecular flexibility index (Phi) is 4.77. The lowest BCUT2D eigenvalue weighted by atomic mass is 9.87. The van der Waals surface area contributed by atoms with E-state index >= 15 is 0 Å². The summed E-state index contributed by atoms with van der Waals surface area (Å²) < 4.78 is 18.7. The molecule has 19 heavy (non-hydrogen) atoms.